The van der Waals surface area contributed by atoms with Crippen molar-refractivity contribution in [2.24, 2.45) is 0 Å². The van der Waals surface area contributed by atoms with Gasteiger partial charge in [0.25, 0.3) is 0 Å². The summed E-state index contributed by atoms with van der Waals surface area (Å²) in [5.41, 5.74) is 0.545. The molecule has 0 heterocycles. The summed E-state index contributed by atoms with van der Waals surface area (Å²) in [6.45, 7) is -0.332. The molecule has 0 radical (unpaired) electrons. The third-order valence-electron chi connectivity index (χ3n) is 2.43. The van der Waals surface area contributed by atoms with E-state index in [1.165, 1.54) is 6.08 Å². The summed E-state index contributed by atoms with van der Waals surface area (Å²) in [5.74, 6) is -1.80. The zero-order chi connectivity index (χ0) is 15.1. The van der Waals surface area contributed by atoms with Crippen LogP contribution in [0.1, 0.15) is 12.0 Å². The zero-order valence-electron chi connectivity index (χ0n) is 10.3. The van der Waals surface area contributed by atoms with Crippen molar-refractivity contribution >= 4 is 41.2 Å². The van der Waals surface area contributed by atoms with Crippen molar-refractivity contribution in [2.45, 2.75) is 12.5 Å². The average molecular weight is 318 g/mol. The van der Waals surface area contributed by atoms with E-state index in [1.807, 2.05) is 0 Å². The van der Waals surface area contributed by atoms with Crippen LogP contribution in [-0.4, -0.2) is 34.7 Å². The molecule has 0 bridgehead atoms. The first-order chi connectivity index (χ1) is 9.45. The molecule has 20 heavy (non-hydrogen) atoms. The molecule has 0 saturated heterocycles. The van der Waals surface area contributed by atoms with E-state index >= 15 is 0 Å². The van der Waals surface area contributed by atoms with Crippen molar-refractivity contribution in [2.75, 3.05) is 6.61 Å². The molecule has 1 aromatic rings. The van der Waals surface area contributed by atoms with Crippen LogP contribution in [0, 0.1) is 0 Å². The molecule has 0 saturated carbocycles. The quantitative estimate of drug-likeness (QED) is 0.700. The van der Waals surface area contributed by atoms with Gasteiger partial charge in [-0.2, -0.15) is 0 Å². The number of aliphatic hydroxyl groups is 1. The van der Waals surface area contributed by atoms with Crippen LogP contribution in [0.5, 0.6) is 0 Å². The predicted molar refractivity (Wildman–Crippen MR) is 76.8 cm³/mol. The fraction of sp³-hybridized carbons (Fsp3) is 0.231. The van der Waals surface area contributed by atoms with E-state index in [2.05, 4.69) is 5.32 Å². The number of hydrogen-bond donors (Lipinski definition) is 3. The van der Waals surface area contributed by atoms with Crippen molar-refractivity contribution in [1.29, 1.82) is 0 Å². The second-order valence-electron chi connectivity index (χ2n) is 3.89. The Labute approximate surface area is 125 Å². The van der Waals surface area contributed by atoms with Crippen LogP contribution >= 0.6 is 23.2 Å². The largest absolute Gasteiger partial charge is 0.480 e. The monoisotopic (exact) mass is 317 g/mol. The van der Waals surface area contributed by atoms with Gasteiger partial charge in [0.1, 0.15) is 6.04 Å². The number of nitrogens with one attached hydrogen (secondary N) is 1. The highest BCUT2D eigenvalue weighted by atomic mass is 35.5. The summed E-state index contributed by atoms with van der Waals surface area (Å²) in [4.78, 5) is 22.4. The van der Waals surface area contributed by atoms with E-state index < -0.39 is 17.9 Å². The summed E-state index contributed by atoms with van der Waals surface area (Å²) in [7, 11) is 0. The molecule has 7 heteroatoms. The summed E-state index contributed by atoms with van der Waals surface area (Å²) in [5, 5.41) is 20.5. The molecule has 0 aromatic heterocycles. The third kappa shape index (κ3) is 4.85. The minimum Gasteiger partial charge on any atom is -0.480 e. The molecule has 0 aliphatic carbocycles. The van der Waals surface area contributed by atoms with Gasteiger partial charge in [-0.05, 0) is 17.7 Å². The van der Waals surface area contributed by atoms with Gasteiger partial charge in [0.2, 0.25) is 5.91 Å². The van der Waals surface area contributed by atoms with Gasteiger partial charge in [-0.1, -0.05) is 35.3 Å². The maximum absolute atomic E-state index is 11.6. The summed E-state index contributed by atoms with van der Waals surface area (Å²) in [6, 6.07) is 3.83. The van der Waals surface area contributed by atoms with Gasteiger partial charge in [-0.15, -0.1) is 0 Å². The number of aliphatic hydroxyl groups excluding tert-OH is 1. The van der Waals surface area contributed by atoms with E-state index in [-0.39, 0.29) is 13.0 Å². The van der Waals surface area contributed by atoms with E-state index in [9.17, 15) is 9.59 Å². The summed E-state index contributed by atoms with van der Waals surface area (Å²) < 4.78 is 0. The van der Waals surface area contributed by atoms with Crippen LogP contribution in [0.2, 0.25) is 10.0 Å². The molecule has 1 aromatic carbocycles. The second-order valence-corrected chi connectivity index (χ2v) is 4.67. The van der Waals surface area contributed by atoms with Crippen LogP contribution in [-0.2, 0) is 9.59 Å². The Morgan fingerprint density at radius 3 is 2.65 bits per heavy atom. The fourth-order valence-corrected chi connectivity index (χ4v) is 1.79. The number of hydrogen-bond acceptors (Lipinski definition) is 3. The molecule has 108 valence electrons. The number of benzene rings is 1. The molecule has 0 spiro atoms. The van der Waals surface area contributed by atoms with Crippen molar-refractivity contribution in [3.8, 4) is 0 Å². The van der Waals surface area contributed by atoms with Gasteiger partial charge in [0, 0.05) is 19.1 Å². The highest BCUT2D eigenvalue weighted by molar-refractivity contribution is 6.42. The number of carbonyl (C=O) groups is 2. The lowest BCUT2D eigenvalue weighted by atomic mass is 10.2. The summed E-state index contributed by atoms with van der Waals surface area (Å²) >= 11 is 11.8. The number of amides is 1. The van der Waals surface area contributed by atoms with Crippen molar-refractivity contribution in [3.05, 3.63) is 39.9 Å². The van der Waals surface area contributed by atoms with Crippen LogP contribution in [0.4, 0.5) is 0 Å². The number of aliphatic carboxylic acids is 1. The molecule has 1 atom stereocenters. The maximum atomic E-state index is 11.6. The van der Waals surface area contributed by atoms with Crippen LogP contribution in [0.3, 0.4) is 0 Å². The van der Waals surface area contributed by atoms with E-state index in [0.29, 0.717) is 15.6 Å². The van der Waals surface area contributed by atoms with Crippen molar-refractivity contribution in [1.82, 2.24) is 5.32 Å². The van der Waals surface area contributed by atoms with Gasteiger partial charge < -0.3 is 15.5 Å². The van der Waals surface area contributed by atoms with Crippen LogP contribution in [0.25, 0.3) is 6.08 Å². The minimum absolute atomic E-state index is 0.0627. The number of carboxylic acid groups (broad SMARTS) is 1. The second kappa shape index (κ2) is 7.89. The molecule has 0 aliphatic rings. The number of rotatable bonds is 6. The Balaban J connectivity index is 2.72. The molecule has 0 unspecified atom stereocenters. The third-order valence-corrected chi connectivity index (χ3v) is 3.26. The van der Waals surface area contributed by atoms with Gasteiger partial charge in [0.15, 0.2) is 0 Å². The Kier molecular flexibility index (Phi) is 6.51. The lowest BCUT2D eigenvalue weighted by Gasteiger charge is -2.11. The SMILES string of the molecule is O=C(/C=C/c1cccc(Cl)c1Cl)N[C@H](CCO)C(=O)O. The standard InChI is InChI=1S/C13H13Cl2NO4/c14-9-3-1-2-8(12(9)15)4-5-11(18)16-10(6-7-17)13(19)20/h1-5,10,17H,6-7H2,(H,16,18)(H,19,20)/b5-4+/t10-/m1/s1. The van der Waals surface area contributed by atoms with Crippen LogP contribution in [0.15, 0.2) is 24.3 Å². The molecule has 1 rings (SSSR count). The Morgan fingerprint density at radius 1 is 1.35 bits per heavy atom. The topological polar surface area (TPSA) is 86.6 Å². The Hall–Kier alpha value is -1.56. The van der Waals surface area contributed by atoms with Crippen molar-refractivity contribution < 1.29 is 19.8 Å². The normalized spacial score (nSPS) is 12.3. The number of carboxylic acids is 1. The fourth-order valence-electron chi connectivity index (χ4n) is 1.42. The molecule has 0 fully saturated rings. The highest BCUT2D eigenvalue weighted by Gasteiger charge is 2.17. The first kappa shape index (κ1) is 16.5. The number of halogens is 2. The Morgan fingerprint density at radius 2 is 2.05 bits per heavy atom. The predicted octanol–water partition coefficient (Wildman–Crippen LogP) is 1.96. The zero-order valence-corrected chi connectivity index (χ0v) is 11.9. The molecule has 1 amide bonds. The average Bonchev–Trinajstić information content (AvgIpc) is 2.40. The molecule has 0 aliphatic heterocycles. The van der Waals surface area contributed by atoms with E-state index in [1.54, 1.807) is 18.2 Å². The maximum Gasteiger partial charge on any atom is 0.326 e. The first-order valence-corrected chi connectivity index (χ1v) is 6.47. The van der Waals surface area contributed by atoms with E-state index in [0.717, 1.165) is 6.08 Å². The molecule has 5 nitrogen and oxygen atoms in total. The lowest BCUT2D eigenvalue weighted by molar-refractivity contribution is -0.141. The highest BCUT2D eigenvalue weighted by Crippen LogP contribution is 2.26. The smallest absolute Gasteiger partial charge is 0.326 e. The summed E-state index contributed by atoms with van der Waals surface area (Å²) in [6.07, 6.45) is 2.53. The Bertz CT molecular complexity index is 531. The van der Waals surface area contributed by atoms with Crippen LogP contribution < -0.4 is 5.32 Å². The first-order valence-electron chi connectivity index (χ1n) is 5.72. The van der Waals surface area contributed by atoms with Gasteiger partial charge >= 0.3 is 5.97 Å². The number of carbonyl (C=O) groups excluding carboxylic acids is 1. The molecule has 3 N–H and O–H groups in total. The van der Waals surface area contributed by atoms with Gasteiger partial charge in [-0.3, -0.25) is 4.79 Å². The molecular weight excluding hydrogens is 305 g/mol. The van der Waals surface area contributed by atoms with Gasteiger partial charge in [0.05, 0.1) is 10.0 Å². The van der Waals surface area contributed by atoms with Crippen molar-refractivity contribution in [3.63, 3.8) is 0 Å². The lowest BCUT2D eigenvalue weighted by Crippen LogP contribution is -2.40. The van der Waals surface area contributed by atoms with E-state index in [4.69, 9.17) is 33.4 Å². The van der Waals surface area contributed by atoms with Gasteiger partial charge in [-0.25, -0.2) is 4.79 Å². The minimum atomic E-state index is -1.21. The molecular formula is C13H13Cl2NO4.